The van der Waals surface area contributed by atoms with Crippen molar-refractivity contribution in [2.75, 3.05) is 10.6 Å². The lowest BCUT2D eigenvalue weighted by atomic mass is 9.81. The number of piperidine rings is 2. The largest absolute Gasteiger partial charge is 0.367 e. The van der Waals surface area contributed by atoms with E-state index in [-0.39, 0.29) is 6.17 Å². The molecule has 5 atom stereocenters. The zero-order chi connectivity index (χ0) is 24.5. The lowest BCUT2D eigenvalue weighted by Gasteiger charge is -2.49. The van der Waals surface area contributed by atoms with Gasteiger partial charge in [-0.1, -0.05) is 6.42 Å². The molecule has 3 saturated heterocycles. The molecule has 3 aliphatic heterocycles. The van der Waals surface area contributed by atoms with Crippen molar-refractivity contribution < 1.29 is 0 Å². The molecule has 9 nitrogen and oxygen atoms in total. The molecule has 0 saturated carbocycles. The van der Waals surface area contributed by atoms with Crippen molar-refractivity contribution in [3.05, 3.63) is 54.0 Å². The van der Waals surface area contributed by atoms with E-state index in [9.17, 15) is 5.26 Å². The standard InChI is InChI=1S/C27H33N9/c1-17-10-26(35-34-17)32-25-13-24-23(6-3-8-30-24)27(33-25)31-20-11-21-4-2-5-22(12-20)36(21)16-19-15-29-9-7-18(19)14-28/h3,6-9,13,15,17,20-22,26,34-35H,2,4-5,10-12,16H2,1H3,(H2,31,32,33)/t17?,20?,21-,22+,26?. The molecular weight excluding hydrogens is 450 g/mol. The highest BCUT2D eigenvalue weighted by atomic mass is 15.5. The number of pyridine rings is 3. The molecule has 0 spiro atoms. The Morgan fingerprint density at radius 1 is 1.11 bits per heavy atom. The van der Waals surface area contributed by atoms with Crippen LogP contribution in [0.1, 0.15) is 56.6 Å². The van der Waals surface area contributed by atoms with Crippen molar-refractivity contribution in [3.8, 4) is 6.07 Å². The van der Waals surface area contributed by atoms with Gasteiger partial charge in [0.25, 0.3) is 0 Å². The Balaban J connectivity index is 1.21. The van der Waals surface area contributed by atoms with Gasteiger partial charge in [-0.05, 0) is 57.2 Å². The third-order valence-corrected chi connectivity index (χ3v) is 7.86. The van der Waals surface area contributed by atoms with Crippen molar-refractivity contribution in [1.29, 1.82) is 5.26 Å². The summed E-state index contributed by atoms with van der Waals surface area (Å²) in [6, 6.07) is 12.0. The van der Waals surface area contributed by atoms with E-state index in [2.05, 4.69) is 55.4 Å². The Kier molecular flexibility index (Phi) is 6.40. The number of nitrogens with one attached hydrogen (secondary N) is 4. The van der Waals surface area contributed by atoms with E-state index in [0.717, 1.165) is 59.5 Å². The van der Waals surface area contributed by atoms with Crippen molar-refractivity contribution in [1.82, 2.24) is 30.7 Å². The van der Waals surface area contributed by atoms with E-state index in [1.807, 2.05) is 30.6 Å². The van der Waals surface area contributed by atoms with Gasteiger partial charge in [-0.15, -0.1) is 0 Å². The van der Waals surface area contributed by atoms with Gasteiger partial charge in [0, 0.05) is 66.3 Å². The SMILES string of the molecule is CC1CC(Nc2cc3ncccc3c(NC3C[C@H]4CCC[C@@H](C3)N4Cc3cnccc3C#N)n2)NN1. The molecular formula is C27H33N9. The predicted molar refractivity (Wildman–Crippen MR) is 140 cm³/mol. The van der Waals surface area contributed by atoms with Crippen LogP contribution in [0.15, 0.2) is 42.9 Å². The van der Waals surface area contributed by atoms with Gasteiger partial charge in [-0.3, -0.25) is 20.3 Å². The molecule has 3 aromatic rings. The minimum atomic E-state index is 0.134. The molecule has 2 bridgehead atoms. The Labute approximate surface area is 211 Å². The van der Waals surface area contributed by atoms with Crippen LogP contribution in [0.2, 0.25) is 0 Å². The number of rotatable bonds is 6. The fourth-order valence-corrected chi connectivity index (χ4v) is 6.15. The minimum Gasteiger partial charge on any atom is -0.367 e. The third-order valence-electron chi connectivity index (χ3n) is 7.86. The Morgan fingerprint density at radius 2 is 1.97 bits per heavy atom. The summed E-state index contributed by atoms with van der Waals surface area (Å²) in [5, 5.41) is 17.9. The lowest BCUT2D eigenvalue weighted by molar-refractivity contribution is 0.0276. The minimum absolute atomic E-state index is 0.134. The molecule has 6 heterocycles. The first-order valence-corrected chi connectivity index (χ1v) is 13.0. The molecule has 3 aliphatic rings. The zero-order valence-electron chi connectivity index (χ0n) is 20.6. The molecule has 36 heavy (non-hydrogen) atoms. The number of hydrogen-bond acceptors (Lipinski definition) is 9. The van der Waals surface area contributed by atoms with E-state index in [1.54, 1.807) is 6.20 Å². The maximum Gasteiger partial charge on any atom is 0.138 e. The summed E-state index contributed by atoms with van der Waals surface area (Å²) in [6.07, 6.45) is 12.3. The highest BCUT2D eigenvalue weighted by Crippen LogP contribution is 2.37. The highest BCUT2D eigenvalue weighted by Gasteiger charge is 2.38. The molecule has 3 unspecified atom stereocenters. The average Bonchev–Trinajstić information content (AvgIpc) is 3.29. The van der Waals surface area contributed by atoms with Gasteiger partial charge in [-0.2, -0.15) is 5.26 Å². The van der Waals surface area contributed by atoms with Crippen LogP contribution in [0.3, 0.4) is 0 Å². The van der Waals surface area contributed by atoms with Crippen molar-refractivity contribution in [2.45, 2.75) is 82.3 Å². The van der Waals surface area contributed by atoms with Crippen LogP contribution >= 0.6 is 0 Å². The second-order valence-electron chi connectivity index (χ2n) is 10.4. The number of nitrogens with zero attached hydrogens (tertiary/aromatic N) is 5. The van der Waals surface area contributed by atoms with Crippen molar-refractivity contribution >= 4 is 22.5 Å². The quantitative estimate of drug-likeness (QED) is 0.418. The van der Waals surface area contributed by atoms with E-state index >= 15 is 0 Å². The van der Waals surface area contributed by atoms with E-state index in [4.69, 9.17) is 4.98 Å². The normalized spacial score (nSPS) is 28.1. The smallest absolute Gasteiger partial charge is 0.138 e. The van der Waals surface area contributed by atoms with E-state index in [0.29, 0.717) is 24.2 Å². The molecule has 6 rings (SSSR count). The zero-order valence-corrected chi connectivity index (χ0v) is 20.6. The number of anilines is 2. The first kappa shape index (κ1) is 23.1. The van der Waals surface area contributed by atoms with Crippen LogP contribution in [-0.4, -0.2) is 50.2 Å². The van der Waals surface area contributed by atoms with Crippen molar-refractivity contribution in [3.63, 3.8) is 0 Å². The molecule has 0 aromatic carbocycles. The number of hydrazine groups is 1. The number of nitriles is 1. The third kappa shape index (κ3) is 4.72. The predicted octanol–water partition coefficient (Wildman–Crippen LogP) is 3.52. The Hall–Kier alpha value is -3.32. The molecule has 4 N–H and O–H groups in total. The molecule has 0 aliphatic carbocycles. The second kappa shape index (κ2) is 9.97. The van der Waals surface area contributed by atoms with Gasteiger partial charge in [0.05, 0.1) is 23.3 Å². The maximum atomic E-state index is 9.54. The van der Waals surface area contributed by atoms with Gasteiger partial charge >= 0.3 is 0 Å². The molecule has 0 amide bonds. The highest BCUT2D eigenvalue weighted by molar-refractivity contribution is 5.91. The van der Waals surface area contributed by atoms with E-state index in [1.165, 1.54) is 19.3 Å². The van der Waals surface area contributed by atoms with E-state index < -0.39 is 0 Å². The maximum absolute atomic E-state index is 9.54. The Morgan fingerprint density at radius 3 is 2.75 bits per heavy atom. The summed E-state index contributed by atoms with van der Waals surface area (Å²) in [5.41, 5.74) is 9.26. The number of fused-ring (bicyclic) bond motifs is 3. The number of aromatic nitrogens is 3. The summed E-state index contributed by atoms with van der Waals surface area (Å²) < 4.78 is 0. The summed E-state index contributed by atoms with van der Waals surface area (Å²) in [7, 11) is 0. The summed E-state index contributed by atoms with van der Waals surface area (Å²) in [6.45, 7) is 2.96. The molecule has 0 radical (unpaired) electrons. The van der Waals surface area contributed by atoms with Crippen LogP contribution in [0.5, 0.6) is 0 Å². The molecule has 186 valence electrons. The molecule has 9 heteroatoms. The lowest BCUT2D eigenvalue weighted by Crippen LogP contribution is -2.54. The van der Waals surface area contributed by atoms with Crippen LogP contribution in [0, 0.1) is 11.3 Å². The number of hydrogen-bond donors (Lipinski definition) is 4. The van der Waals surface area contributed by atoms with Gasteiger partial charge in [-0.25, -0.2) is 10.4 Å². The second-order valence-corrected chi connectivity index (χ2v) is 10.4. The fourth-order valence-electron chi connectivity index (χ4n) is 6.15. The molecule has 3 aromatic heterocycles. The Bertz CT molecular complexity index is 1260. The summed E-state index contributed by atoms with van der Waals surface area (Å²) in [4.78, 5) is 16.5. The average molecular weight is 484 g/mol. The summed E-state index contributed by atoms with van der Waals surface area (Å²) >= 11 is 0. The van der Waals surface area contributed by atoms with Crippen LogP contribution in [0.4, 0.5) is 11.6 Å². The first-order chi connectivity index (χ1) is 17.7. The molecule has 3 fully saturated rings. The first-order valence-electron chi connectivity index (χ1n) is 13.0. The van der Waals surface area contributed by atoms with Gasteiger partial charge in [0.2, 0.25) is 0 Å². The monoisotopic (exact) mass is 483 g/mol. The van der Waals surface area contributed by atoms with Crippen LogP contribution in [-0.2, 0) is 6.54 Å². The van der Waals surface area contributed by atoms with Crippen LogP contribution < -0.4 is 21.5 Å². The van der Waals surface area contributed by atoms with Crippen molar-refractivity contribution in [2.24, 2.45) is 0 Å². The fraction of sp³-hybridized carbons (Fsp3) is 0.481. The van der Waals surface area contributed by atoms with Gasteiger partial charge < -0.3 is 10.6 Å². The van der Waals surface area contributed by atoms with Crippen LogP contribution in [0.25, 0.3) is 10.9 Å². The topological polar surface area (TPSA) is 114 Å². The van der Waals surface area contributed by atoms with Gasteiger partial charge in [0.1, 0.15) is 11.6 Å². The van der Waals surface area contributed by atoms with Gasteiger partial charge in [0.15, 0.2) is 0 Å². The summed E-state index contributed by atoms with van der Waals surface area (Å²) in [5.74, 6) is 1.73.